The molecule has 2 atom stereocenters. The van der Waals surface area contributed by atoms with Gasteiger partial charge >= 0.3 is 0 Å². The average molecular weight is 413 g/mol. The number of nitrogens with one attached hydrogen (secondary N) is 2. The van der Waals surface area contributed by atoms with E-state index in [1.54, 1.807) is 24.4 Å². The van der Waals surface area contributed by atoms with Crippen LogP contribution in [0.1, 0.15) is 29.8 Å². The van der Waals surface area contributed by atoms with E-state index < -0.39 is 23.9 Å². The predicted molar refractivity (Wildman–Crippen MR) is 110 cm³/mol. The van der Waals surface area contributed by atoms with Crippen molar-refractivity contribution in [1.29, 1.82) is 0 Å². The van der Waals surface area contributed by atoms with Gasteiger partial charge in [0, 0.05) is 36.4 Å². The number of alkyl halides is 2. The minimum atomic E-state index is -2.94. The quantitative estimate of drug-likeness (QED) is 0.506. The Morgan fingerprint density at radius 2 is 1.93 bits per heavy atom. The molecule has 0 aliphatic heterocycles. The first kappa shape index (κ1) is 19.9. The van der Waals surface area contributed by atoms with Crippen LogP contribution in [0.3, 0.4) is 0 Å². The highest BCUT2D eigenvalue weighted by molar-refractivity contribution is 5.97. The van der Waals surface area contributed by atoms with Gasteiger partial charge in [-0.2, -0.15) is 0 Å². The summed E-state index contributed by atoms with van der Waals surface area (Å²) in [5.74, 6) is -3.52. The molecule has 1 fully saturated rings. The molecule has 0 saturated heterocycles. The minimum absolute atomic E-state index is 0.0318. The molecular formula is C20H21F2N7O. The number of carbonyl (C=O) groups excluding carboxylic acids is 1. The van der Waals surface area contributed by atoms with E-state index in [1.807, 2.05) is 6.07 Å². The molecule has 0 bridgehead atoms. The van der Waals surface area contributed by atoms with Gasteiger partial charge in [-0.05, 0) is 31.0 Å². The summed E-state index contributed by atoms with van der Waals surface area (Å²) in [5.41, 5.74) is 12.9. The number of rotatable bonds is 5. The van der Waals surface area contributed by atoms with Crippen LogP contribution >= 0.6 is 0 Å². The van der Waals surface area contributed by atoms with Gasteiger partial charge in [0.25, 0.3) is 11.8 Å². The van der Waals surface area contributed by atoms with E-state index in [0.29, 0.717) is 29.7 Å². The van der Waals surface area contributed by atoms with E-state index >= 15 is 0 Å². The zero-order valence-electron chi connectivity index (χ0n) is 16.0. The number of halogens is 2. The monoisotopic (exact) mass is 413 g/mol. The third-order valence-electron chi connectivity index (χ3n) is 5.21. The molecule has 2 aromatic heterocycles. The standard InChI is InChI=1S/C20H21F2N7O/c21-20(22)5-1-4-12(17(20)23)28-15-10-13-11(3-2-6-25-13)9-14(15)29-19-16(18(24)30)26-7-8-27-19/h2-3,6-10,12,17,28H,1,4-5,23H2,(H2,24,30)(H,27,29)/t12-,17-/m1/s1. The van der Waals surface area contributed by atoms with Crippen molar-refractivity contribution in [2.24, 2.45) is 11.5 Å². The third kappa shape index (κ3) is 3.86. The van der Waals surface area contributed by atoms with E-state index in [-0.39, 0.29) is 17.9 Å². The van der Waals surface area contributed by atoms with Gasteiger partial charge in [-0.15, -0.1) is 0 Å². The summed E-state index contributed by atoms with van der Waals surface area (Å²) >= 11 is 0. The van der Waals surface area contributed by atoms with E-state index in [1.165, 1.54) is 12.4 Å². The molecule has 3 aromatic rings. The maximum Gasteiger partial charge on any atom is 0.271 e. The number of aromatic nitrogens is 3. The van der Waals surface area contributed by atoms with E-state index in [0.717, 1.165) is 5.39 Å². The Hall–Kier alpha value is -3.40. The summed E-state index contributed by atoms with van der Waals surface area (Å²) in [4.78, 5) is 24.1. The molecule has 1 saturated carbocycles. The van der Waals surface area contributed by atoms with E-state index in [4.69, 9.17) is 11.5 Å². The largest absolute Gasteiger partial charge is 0.379 e. The Kier molecular flexibility index (Phi) is 5.17. The van der Waals surface area contributed by atoms with Crippen LogP contribution in [0.5, 0.6) is 0 Å². The fraction of sp³-hybridized carbons (Fsp3) is 0.300. The molecule has 2 heterocycles. The third-order valence-corrected chi connectivity index (χ3v) is 5.21. The molecule has 10 heteroatoms. The first-order chi connectivity index (χ1) is 14.3. The molecule has 1 aromatic carbocycles. The molecular weight excluding hydrogens is 392 g/mol. The van der Waals surface area contributed by atoms with E-state index in [2.05, 4.69) is 25.6 Å². The molecule has 156 valence electrons. The summed E-state index contributed by atoms with van der Waals surface area (Å²) < 4.78 is 28.3. The fourth-order valence-electron chi connectivity index (χ4n) is 3.64. The maximum absolute atomic E-state index is 14.1. The Bertz CT molecular complexity index is 1090. The van der Waals surface area contributed by atoms with Gasteiger partial charge in [-0.1, -0.05) is 6.07 Å². The highest BCUT2D eigenvalue weighted by atomic mass is 19.3. The number of hydrogen-bond acceptors (Lipinski definition) is 7. The number of nitrogens with two attached hydrogens (primary N) is 2. The van der Waals surface area contributed by atoms with Crippen LogP contribution in [0.4, 0.5) is 26.0 Å². The summed E-state index contributed by atoms with van der Waals surface area (Å²) in [6, 6.07) is 5.23. The number of anilines is 3. The second-order valence-electron chi connectivity index (χ2n) is 7.27. The molecule has 1 aliphatic carbocycles. The van der Waals surface area contributed by atoms with Crippen molar-refractivity contribution in [3.05, 3.63) is 48.5 Å². The first-order valence-electron chi connectivity index (χ1n) is 9.52. The van der Waals surface area contributed by atoms with Crippen LogP contribution in [-0.2, 0) is 0 Å². The molecule has 0 radical (unpaired) electrons. The Morgan fingerprint density at radius 1 is 1.13 bits per heavy atom. The van der Waals surface area contributed by atoms with Gasteiger partial charge in [0.1, 0.15) is 0 Å². The van der Waals surface area contributed by atoms with Crippen LogP contribution in [0, 0.1) is 0 Å². The average Bonchev–Trinajstić information content (AvgIpc) is 2.72. The molecule has 1 aliphatic rings. The second kappa shape index (κ2) is 7.79. The summed E-state index contributed by atoms with van der Waals surface area (Å²) in [7, 11) is 0. The molecule has 30 heavy (non-hydrogen) atoms. The zero-order valence-corrected chi connectivity index (χ0v) is 16.0. The lowest BCUT2D eigenvalue weighted by atomic mass is 9.87. The lowest BCUT2D eigenvalue weighted by Crippen LogP contribution is -2.55. The summed E-state index contributed by atoms with van der Waals surface area (Å²) in [6.45, 7) is 0. The van der Waals surface area contributed by atoms with Crippen LogP contribution in [0.2, 0.25) is 0 Å². The Labute approximate surface area is 171 Å². The van der Waals surface area contributed by atoms with Gasteiger partial charge in [0.2, 0.25) is 0 Å². The van der Waals surface area contributed by atoms with Crippen molar-refractivity contribution >= 4 is 34.0 Å². The van der Waals surface area contributed by atoms with Gasteiger partial charge in [-0.25, -0.2) is 18.7 Å². The van der Waals surface area contributed by atoms with Crippen molar-refractivity contribution < 1.29 is 13.6 Å². The van der Waals surface area contributed by atoms with Gasteiger partial charge in [-0.3, -0.25) is 9.78 Å². The number of benzene rings is 1. The second-order valence-corrected chi connectivity index (χ2v) is 7.27. The van der Waals surface area contributed by atoms with Gasteiger partial charge < -0.3 is 22.1 Å². The predicted octanol–water partition coefficient (Wildman–Crippen LogP) is 2.79. The number of hydrogen-bond donors (Lipinski definition) is 4. The van der Waals surface area contributed by atoms with Crippen molar-refractivity contribution in [2.75, 3.05) is 10.6 Å². The molecule has 0 unspecified atom stereocenters. The molecule has 4 rings (SSSR count). The number of pyridine rings is 1. The smallest absolute Gasteiger partial charge is 0.271 e. The zero-order chi connectivity index (χ0) is 21.3. The highest BCUT2D eigenvalue weighted by Gasteiger charge is 2.44. The van der Waals surface area contributed by atoms with Crippen molar-refractivity contribution in [2.45, 2.75) is 37.3 Å². The number of amides is 1. The van der Waals surface area contributed by atoms with Crippen molar-refractivity contribution in [3.63, 3.8) is 0 Å². The Balaban J connectivity index is 1.74. The number of primary amides is 1. The SMILES string of the molecule is NC(=O)c1nccnc1Nc1cc2cccnc2cc1N[C@@H]1CCCC(F)(F)[C@@H]1N. The van der Waals surface area contributed by atoms with Crippen LogP contribution < -0.4 is 22.1 Å². The van der Waals surface area contributed by atoms with Crippen molar-refractivity contribution in [1.82, 2.24) is 15.0 Å². The van der Waals surface area contributed by atoms with Crippen molar-refractivity contribution in [3.8, 4) is 0 Å². The molecule has 6 N–H and O–H groups in total. The number of carbonyl (C=O) groups is 1. The number of fused-ring (bicyclic) bond motifs is 1. The Morgan fingerprint density at radius 3 is 2.73 bits per heavy atom. The topological polar surface area (TPSA) is 132 Å². The lowest BCUT2D eigenvalue weighted by molar-refractivity contribution is -0.0554. The van der Waals surface area contributed by atoms with Gasteiger partial charge in [0.15, 0.2) is 11.5 Å². The first-order valence-corrected chi connectivity index (χ1v) is 9.52. The van der Waals surface area contributed by atoms with Crippen LogP contribution in [0.15, 0.2) is 42.9 Å². The van der Waals surface area contributed by atoms with Gasteiger partial charge in [0.05, 0.1) is 22.9 Å². The summed E-state index contributed by atoms with van der Waals surface area (Å²) in [5, 5.41) is 7.00. The normalized spacial score (nSPS) is 20.6. The lowest BCUT2D eigenvalue weighted by Gasteiger charge is -2.36. The minimum Gasteiger partial charge on any atom is -0.379 e. The maximum atomic E-state index is 14.1. The molecule has 0 spiro atoms. The van der Waals surface area contributed by atoms with Crippen LogP contribution in [-0.4, -0.2) is 38.9 Å². The molecule has 8 nitrogen and oxygen atoms in total. The summed E-state index contributed by atoms with van der Waals surface area (Å²) in [6.07, 6.45) is 5.07. The van der Waals surface area contributed by atoms with E-state index in [9.17, 15) is 13.6 Å². The fourth-order valence-corrected chi connectivity index (χ4v) is 3.64. The molecule has 1 amide bonds. The van der Waals surface area contributed by atoms with Crippen LogP contribution in [0.25, 0.3) is 10.9 Å². The highest BCUT2D eigenvalue weighted by Crippen LogP contribution is 2.36. The number of nitrogens with zero attached hydrogens (tertiary/aromatic N) is 3.